The van der Waals surface area contributed by atoms with Crippen LogP contribution in [0.25, 0.3) is 0 Å². The summed E-state index contributed by atoms with van der Waals surface area (Å²) in [5.74, 6) is 0.0915. The summed E-state index contributed by atoms with van der Waals surface area (Å²) < 4.78 is 37.2. The third-order valence-corrected chi connectivity index (χ3v) is 3.73. The van der Waals surface area contributed by atoms with Crippen molar-refractivity contribution in [3.63, 3.8) is 0 Å². The molecule has 0 aliphatic carbocycles. The SMILES string of the molecule is O=C1CC(Br)CN1CCc1ccc(C(F)(F)F)cc1. The average Bonchev–Trinajstić information content (AvgIpc) is 2.65. The fourth-order valence-electron chi connectivity index (χ4n) is 2.06. The molecule has 0 N–H and O–H groups in total. The van der Waals surface area contributed by atoms with Gasteiger partial charge in [-0.25, -0.2) is 0 Å². The van der Waals surface area contributed by atoms with Gasteiger partial charge in [-0.15, -0.1) is 0 Å². The monoisotopic (exact) mass is 335 g/mol. The average molecular weight is 336 g/mol. The minimum atomic E-state index is -4.30. The van der Waals surface area contributed by atoms with E-state index < -0.39 is 11.7 Å². The van der Waals surface area contributed by atoms with Gasteiger partial charge < -0.3 is 4.90 Å². The lowest BCUT2D eigenvalue weighted by molar-refractivity contribution is -0.137. The highest BCUT2D eigenvalue weighted by molar-refractivity contribution is 9.09. The summed E-state index contributed by atoms with van der Waals surface area (Å²) in [6.45, 7) is 1.21. The minimum absolute atomic E-state index is 0.0915. The van der Waals surface area contributed by atoms with E-state index in [9.17, 15) is 18.0 Å². The van der Waals surface area contributed by atoms with Gasteiger partial charge in [-0.2, -0.15) is 13.2 Å². The molecule has 1 aromatic carbocycles. The molecule has 1 aromatic rings. The van der Waals surface area contributed by atoms with Crippen LogP contribution in [0.3, 0.4) is 0 Å². The smallest absolute Gasteiger partial charge is 0.341 e. The molecule has 1 unspecified atom stereocenters. The van der Waals surface area contributed by atoms with E-state index in [1.807, 2.05) is 0 Å². The number of halogens is 4. The van der Waals surface area contributed by atoms with Crippen molar-refractivity contribution in [2.24, 2.45) is 0 Å². The first kappa shape index (κ1) is 14.4. The second-order valence-electron chi connectivity index (χ2n) is 4.59. The molecule has 6 heteroatoms. The van der Waals surface area contributed by atoms with E-state index in [4.69, 9.17) is 0 Å². The van der Waals surface area contributed by atoms with Crippen molar-refractivity contribution in [2.45, 2.75) is 23.8 Å². The molecule has 1 saturated heterocycles. The predicted molar refractivity (Wildman–Crippen MR) is 69.1 cm³/mol. The summed E-state index contributed by atoms with van der Waals surface area (Å²) in [6, 6.07) is 5.09. The molecule has 1 heterocycles. The minimum Gasteiger partial charge on any atom is -0.341 e. The number of amides is 1. The van der Waals surface area contributed by atoms with E-state index in [1.165, 1.54) is 12.1 Å². The van der Waals surface area contributed by atoms with Gasteiger partial charge in [0, 0.05) is 24.3 Å². The zero-order chi connectivity index (χ0) is 14.0. The number of alkyl halides is 4. The Bertz CT molecular complexity index is 458. The third kappa shape index (κ3) is 3.72. The topological polar surface area (TPSA) is 20.3 Å². The van der Waals surface area contributed by atoms with Crippen molar-refractivity contribution in [1.82, 2.24) is 4.90 Å². The van der Waals surface area contributed by atoms with Crippen molar-refractivity contribution in [3.05, 3.63) is 35.4 Å². The maximum Gasteiger partial charge on any atom is 0.416 e. The highest BCUT2D eigenvalue weighted by Crippen LogP contribution is 2.29. The molecular formula is C13H13BrF3NO. The van der Waals surface area contributed by atoms with Gasteiger partial charge in [0.25, 0.3) is 0 Å². The van der Waals surface area contributed by atoms with E-state index >= 15 is 0 Å². The third-order valence-electron chi connectivity index (χ3n) is 3.12. The van der Waals surface area contributed by atoms with Gasteiger partial charge in [0.2, 0.25) is 5.91 Å². The van der Waals surface area contributed by atoms with Gasteiger partial charge in [-0.3, -0.25) is 4.79 Å². The van der Waals surface area contributed by atoms with E-state index in [2.05, 4.69) is 15.9 Å². The molecule has 1 atom stereocenters. The molecule has 0 aromatic heterocycles. The first-order chi connectivity index (χ1) is 8.86. The maximum atomic E-state index is 12.4. The lowest BCUT2D eigenvalue weighted by atomic mass is 10.1. The number of hydrogen-bond donors (Lipinski definition) is 0. The van der Waals surface area contributed by atoms with Crippen LogP contribution in [-0.2, 0) is 17.4 Å². The Morgan fingerprint density at radius 2 is 1.89 bits per heavy atom. The summed E-state index contributed by atoms with van der Waals surface area (Å²) in [6.07, 6.45) is -3.23. The van der Waals surface area contributed by atoms with Crippen LogP contribution < -0.4 is 0 Å². The number of benzene rings is 1. The van der Waals surface area contributed by atoms with E-state index in [0.717, 1.165) is 17.7 Å². The van der Waals surface area contributed by atoms with Crippen molar-refractivity contribution in [2.75, 3.05) is 13.1 Å². The number of carbonyl (C=O) groups is 1. The quantitative estimate of drug-likeness (QED) is 0.776. The van der Waals surface area contributed by atoms with Gasteiger partial charge in [0.05, 0.1) is 5.56 Å². The summed E-state index contributed by atoms with van der Waals surface area (Å²) in [5.41, 5.74) is 0.160. The lowest BCUT2D eigenvalue weighted by Crippen LogP contribution is -2.27. The first-order valence-electron chi connectivity index (χ1n) is 5.94. The van der Waals surface area contributed by atoms with E-state index in [1.54, 1.807) is 4.90 Å². The van der Waals surface area contributed by atoms with Crippen LogP contribution in [0.2, 0.25) is 0 Å². The molecule has 1 aliphatic heterocycles. The maximum absolute atomic E-state index is 12.4. The molecule has 1 amide bonds. The van der Waals surface area contributed by atoms with Gasteiger partial charge >= 0.3 is 6.18 Å². The summed E-state index contributed by atoms with van der Waals surface area (Å²) in [7, 11) is 0. The molecule has 1 fully saturated rings. The van der Waals surface area contributed by atoms with Crippen molar-refractivity contribution in [3.8, 4) is 0 Å². The standard InChI is InChI=1S/C13H13BrF3NO/c14-11-7-12(19)18(8-11)6-5-9-1-3-10(4-2-9)13(15,16)17/h1-4,11H,5-8H2. The van der Waals surface area contributed by atoms with Crippen LogP contribution in [0.1, 0.15) is 17.5 Å². The Labute approximate surface area is 117 Å². The van der Waals surface area contributed by atoms with Crippen LogP contribution in [0, 0.1) is 0 Å². The number of rotatable bonds is 3. The second kappa shape index (κ2) is 5.53. The van der Waals surface area contributed by atoms with Crippen LogP contribution >= 0.6 is 15.9 Å². The van der Waals surface area contributed by atoms with Crippen LogP contribution in [0.5, 0.6) is 0 Å². The van der Waals surface area contributed by atoms with Gasteiger partial charge in [-0.1, -0.05) is 28.1 Å². The summed E-state index contributed by atoms with van der Waals surface area (Å²) in [4.78, 5) is 13.5. The highest BCUT2D eigenvalue weighted by Gasteiger charge is 2.30. The normalized spacial score (nSPS) is 20.1. The number of carbonyl (C=O) groups excluding carboxylic acids is 1. The van der Waals surface area contributed by atoms with E-state index in [0.29, 0.717) is 25.9 Å². The summed E-state index contributed by atoms with van der Waals surface area (Å²) in [5, 5.41) is 0. The second-order valence-corrected chi connectivity index (χ2v) is 5.88. The van der Waals surface area contributed by atoms with Crippen molar-refractivity contribution in [1.29, 1.82) is 0 Å². The molecule has 2 rings (SSSR count). The van der Waals surface area contributed by atoms with Crippen molar-refractivity contribution < 1.29 is 18.0 Å². The lowest BCUT2D eigenvalue weighted by Gasteiger charge is -2.15. The Morgan fingerprint density at radius 3 is 2.37 bits per heavy atom. The first-order valence-corrected chi connectivity index (χ1v) is 6.86. The number of hydrogen-bond acceptors (Lipinski definition) is 1. The Kier molecular flexibility index (Phi) is 4.18. The number of likely N-dealkylation sites (tertiary alicyclic amines) is 1. The molecule has 19 heavy (non-hydrogen) atoms. The largest absolute Gasteiger partial charge is 0.416 e. The van der Waals surface area contributed by atoms with Crippen molar-refractivity contribution >= 4 is 21.8 Å². The fourth-order valence-corrected chi connectivity index (χ4v) is 2.69. The molecule has 2 nitrogen and oxygen atoms in total. The molecule has 0 radical (unpaired) electrons. The van der Waals surface area contributed by atoms with Gasteiger partial charge in [-0.05, 0) is 24.1 Å². The molecule has 0 saturated carbocycles. The van der Waals surface area contributed by atoms with Crippen LogP contribution in [0.4, 0.5) is 13.2 Å². The van der Waals surface area contributed by atoms with E-state index in [-0.39, 0.29) is 10.7 Å². The molecular weight excluding hydrogens is 323 g/mol. The Hall–Kier alpha value is -1.04. The zero-order valence-corrected chi connectivity index (χ0v) is 11.7. The molecule has 0 bridgehead atoms. The van der Waals surface area contributed by atoms with Crippen LogP contribution in [0.15, 0.2) is 24.3 Å². The Balaban J connectivity index is 1.92. The summed E-state index contributed by atoms with van der Waals surface area (Å²) >= 11 is 3.39. The highest BCUT2D eigenvalue weighted by atomic mass is 79.9. The predicted octanol–water partition coefficient (Wildman–Crippen LogP) is 3.24. The van der Waals surface area contributed by atoms with Crippen LogP contribution in [-0.4, -0.2) is 28.7 Å². The molecule has 104 valence electrons. The molecule has 1 aliphatic rings. The molecule has 0 spiro atoms. The van der Waals surface area contributed by atoms with Gasteiger partial charge in [0.1, 0.15) is 0 Å². The number of nitrogens with zero attached hydrogens (tertiary/aromatic N) is 1. The zero-order valence-electron chi connectivity index (χ0n) is 10.1. The van der Waals surface area contributed by atoms with Gasteiger partial charge in [0.15, 0.2) is 0 Å². The fraction of sp³-hybridized carbons (Fsp3) is 0.462. The Morgan fingerprint density at radius 1 is 1.26 bits per heavy atom.